The average molecular weight is 367 g/mol. The molecule has 0 amide bonds. The SMILES string of the molecule is CN1C2CCC1(/C(=C\C(=O)O)C(=O)O)CC(Oc1ccc(Cl)cn1)C2. The van der Waals surface area contributed by atoms with Gasteiger partial charge in [-0.1, -0.05) is 11.6 Å². The van der Waals surface area contributed by atoms with E-state index in [0.717, 1.165) is 18.9 Å². The van der Waals surface area contributed by atoms with Crippen molar-refractivity contribution >= 4 is 23.5 Å². The van der Waals surface area contributed by atoms with Gasteiger partial charge < -0.3 is 14.9 Å². The van der Waals surface area contributed by atoms with Crippen molar-refractivity contribution in [1.29, 1.82) is 0 Å². The van der Waals surface area contributed by atoms with Crippen molar-refractivity contribution < 1.29 is 24.5 Å². The molecule has 2 aliphatic rings. The van der Waals surface area contributed by atoms with Crippen LogP contribution in [-0.2, 0) is 9.59 Å². The molecule has 2 bridgehead atoms. The number of halogens is 1. The lowest BCUT2D eigenvalue weighted by molar-refractivity contribution is -0.137. The Hall–Kier alpha value is -2.12. The van der Waals surface area contributed by atoms with E-state index >= 15 is 0 Å². The van der Waals surface area contributed by atoms with E-state index in [4.69, 9.17) is 21.4 Å². The molecule has 134 valence electrons. The summed E-state index contributed by atoms with van der Waals surface area (Å²) in [6.07, 6.45) is 4.59. The smallest absolute Gasteiger partial charge is 0.333 e. The van der Waals surface area contributed by atoms with Crippen LogP contribution in [0.1, 0.15) is 25.7 Å². The van der Waals surface area contributed by atoms with E-state index in [1.54, 1.807) is 12.1 Å². The second-order valence-corrected chi connectivity index (χ2v) is 6.97. The Morgan fingerprint density at radius 3 is 2.80 bits per heavy atom. The topological polar surface area (TPSA) is 100.0 Å². The van der Waals surface area contributed by atoms with Crippen LogP contribution in [-0.4, -0.2) is 56.8 Å². The molecule has 3 unspecified atom stereocenters. The highest BCUT2D eigenvalue weighted by Crippen LogP contribution is 2.48. The number of hydrogen-bond donors (Lipinski definition) is 2. The summed E-state index contributed by atoms with van der Waals surface area (Å²) in [7, 11) is 1.85. The van der Waals surface area contributed by atoms with E-state index in [1.165, 1.54) is 6.20 Å². The molecule has 2 saturated heterocycles. The molecule has 3 atom stereocenters. The number of carboxylic acids is 2. The van der Waals surface area contributed by atoms with Crippen LogP contribution in [0.25, 0.3) is 0 Å². The lowest BCUT2D eigenvalue weighted by Gasteiger charge is -2.45. The largest absolute Gasteiger partial charge is 0.478 e. The third kappa shape index (κ3) is 3.34. The maximum atomic E-state index is 11.7. The van der Waals surface area contributed by atoms with Crippen LogP contribution in [0.3, 0.4) is 0 Å². The van der Waals surface area contributed by atoms with Gasteiger partial charge >= 0.3 is 11.9 Å². The van der Waals surface area contributed by atoms with Gasteiger partial charge in [0.15, 0.2) is 0 Å². The highest BCUT2D eigenvalue weighted by molar-refractivity contribution is 6.30. The molecule has 3 heterocycles. The van der Waals surface area contributed by atoms with E-state index in [9.17, 15) is 14.7 Å². The fourth-order valence-electron chi connectivity index (χ4n) is 4.06. The predicted molar refractivity (Wildman–Crippen MR) is 89.8 cm³/mol. The van der Waals surface area contributed by atoms with E-state index in [1.807, 2.05) is 11.9 Å². The fraction of sp³-hybridized carbons (Fsp3) is 0.471. The molecule has 0 spiro atoms. The van der Waals surface area contributed by atoms with Crippen molar-refractivity contribution in [2.75, 3.05) is 7.05 Å². The van der Waals surface area contributed by atoms with Crippen LogP contribution in [0.2, 0.25) is 5.02 Å². The highest BCUT2D eigenvalue weighted by atomic mass is 35.5. The maximum absolute atomic E-state index is 11.7. The molecule has 0 aliphatic carbocycles. The van der Waals surface area contributed by atoms with Gasteiger partial charge in [0.2, 0.25) is 5.88 Å². The minimum atomic E-state index is -1.26. The van der Waals surface area contributed by atoms with E-state index in [-0.39, 0.29) is 17.7 Å². The molecule has 2 aliphatic heterocycles. The minimum Gasteiger partial charge on any atom is -0.478 e. The number of aliphatic carboxylic acids is 2. The predicted octanol–water partition coefficient (Wildman–Crippen LogP) is 2.20. The number of pyridine rings is 1. The summed E-state index contributed by atoms with van der Waals surface area (Å²) in [5, 5.41) is 19.2. The van der Waals surface area contributed by atoms with Crippen LogP contribution >= 0.6 is 11.6 Å². The zero-order valence-electron chi connectivity index (χ0n) is 13.7. The van der Waals surface area contributed by atoms with Gasteiger partial charge in [0.1, 0.15) is 6.10 Å². The van der Waals surface area contributed by atoms with Crippen LogP contribution in [0.15, 0.2) is 30.0 Å². The summed E-state index contributed by atoms with van der Waals surface area (Å²) in [5.41, 5.74) is -0.938. The number of carbonyl (C=O) groups is 2. The van der Waals surface area contributed by atoms with Gasteiger partial charge in [0, 0.05) is 30.8 Å². The summed E-state index contributed by atoms with van der Waals surface area (Å²) < 4.78 is 5.94. The number of rotatable bonds is 5. The molecule has 3 rings (SSSR count). The van der Waals surface area contributed by atoms with Gasteiger partial charge in [-0.05, 0) is 32.4 Å². The van der Waals surface area contributed by atoms with Gasteiger partial charge in [-0.15, -0.1) is 0 Å². The van der Waals surface area contributed by atoms with E-state index in [2.05, 4.69) is 4.98 Å². The lowest BCUT2D eigenvalue weighted by Crippen LogP contribution is -2.55. The molecule has 2 N–H and O–H groups in total. The zero-order valence-corrected chi connectivity index (χ0v) is 14.4. The Kier molecular flexibility index (Phi) is 4.71. The first kappa shape index (κ1) is 17.7. The van der Waals surface area contributed by atoms with Crippen molar-refractivity contribution in [3.8, 4) is 5.88 Å². The number of carboxylic acid groups (broad SMARTS) is 2. The zero-order chi connectivity index (χ0) is 18.2. The van der Waals surface area contributed by atoms with Gasteiger partial charge in [-0.2, -0.15) is 0 Å². The van der Waals surface area contributed by atoms with Crippen LogP contribution in [0.5, 0.6) is 5.88 Å². The molecule has 1 aromatic heterocycles. The normalized spacial score (nSPS) is 29.4. The van der Waals surface area contributed by atoms with Crippen molar-refractivity contribution in [1.82, 2.24) is 9.88 Å². The minimum absolute atomic E-state index is 0.0950. The van der Waals surface area contributed by atoms with Crippen molar-refractivity contribution in [2.45, 2.75) is 43.4 Å². The summed E-state index contributed by atoms with van der Waals surface area (Å²) in [4.78, 5) is 29.0. The first-order chi connectivity index (χ1) is 11.8. The first-order valence-corrected chi connectivity index (χ1v) is 8.39. The van der Waals surface area contributed by atoms with Gasteiger partial charge in [-0.25, -0.2) is 14.6 Å². The third-order valence-corrected chi connectivity index (χ3v) is 5.43. The molecular weight excluding hydrogens is 348 g/mol. The number of aromatic nitrogens is 1. The van der Waals surface area contributed by atoms with Gasteiger partial charge in [0.25, 0.3) is 0 Å². The number of piperidine rings is 1. The van der Waals surface area contributed by atoms with Crippen molar-refractivity contribution in [3.05, 3.63) is 35.0 Å². The molecule has 0 aromatic carbocycles. The van der Waals surface area contributed by atoms with E-state index < -0.39 is 17.5 Å². The Labute approximate surface area is 149 Å². The fourth-order valence-corrected chi connectivity index (χ4v) is 4.17. The van der Waals surface area contributed by atoms with Crippen LogP contribution < -0.4 is 4.74 Å². The first-order valence-electron chi connectivity index (χ1n) is 8.01. The number of hydrogen-bond acceptors (Lipinski definition) is 5. The summed E-state index contributed by atoms with van der Waals surface area (Å²) in [6, 6.07) is 3.49. The van der Waals surface area contributed by atoms with Crippen LogP contribution in [0, 0.1) is 0 Å². The Balaban J connectivity index is 1.89. The van der Waals surface area contributed by atoms with Crippen molar-refractivity contribution in [3.63, 3.8) is 0 Å². The molecular formula is C17H19ClN2O5. The third-order valence-electron chi connectivity index (χ3n) is 5.20. The molecule has 0 radical (unpaired) electrons. The highest BCUT2D eigenvalue weighted by Gasteiger charge is 2.54. The number of ether oxygens (including phenoxy) is 1. The second-order valence-electron chi connectivity index (χ2n) is 6.53. The second kappa shape index (κ2) is 6.65. The maximum Gasteiger partial charge on any atom is 0.333 e. The lowest BCUT2D eigenvalue weighted by atomic mass is 9.80. The molecule has 2 fully saturated rings. The Bertz CT molecular complexity index is 720. The van der Waals surface area contributed by atoms with Crippen LogP contribution in [0.4, 0.5) is 0 Å². The monoisotopic (exact) mass is 366 g/mol. The number of fused-ring (bicyclic) bond motifs is 2. The molecule has 7 nitrogen and oxygen atoms in total. The summed E-state index contributed by atoms with van der Waals surface area (Å²) in [5.74, 6) is -2.04. The average Bonchev–Trinajstić information content (AvgIpc) is 2.74. The molecule has 0 saturated carbocycles. The van der Waals surface area contributed by atoms with E-state index in [0.29, 0.717) is 23.7 Å². The van der Waals surface area contributed by atoms with Gasteiger partial charge in [-0.3, -0.25) is 4.90 Å². The van der Waals surface area contributed by atoms with Crippen molar-refractivity contribution in [2.24, 2.45) is 0 Å². The summed E-state index contributed by atoms with van der Waals surface area (Å²) >= 11 is 5.82. The summed E-state index contributed by atoms with van der Waals surface area (Å²) in [6.45, 7) is 0. The quantitative estimate of drug-likeness (QED) is 0.770. The molecule has 1 aromatic rings. The Morgan fingerprint density at radius 2 is 2.20 bits per heavy atom. The van der Waals surface area contributed by atoms with Gasteiger partial charge in [0.05, 0.1) is 16.1 Å². The molecule has 8 heteroatoms. The Morgan fingerprint density at radius 1 is 1.44 bits per heavy atom. The molecule has 25 heavy (non-hydrogen) atoms. The standard InChI is InChI=1S/C17H19ClN2O5/c1-20-11-4-5-17(20,13(16(23)24)7-15(21)22)8-12(6-11)25-14-3-2-10(18)9-19-14/h2-3,7,9,11-12H,4-6,8H2,1H3,(H,21,22)(H,23,24)/b13-7-. The number of likely N-dealkylation sites (N-methyl/N-ethyl adjacent to an activating group) is 1. The number of nitrogens with zero attached hydrogens (tertiary/aromatic N) is 2.